The summed E-state index contributed by atoms with van der Waals surface area (Å²) in [5.41, 5.74) is 0.868. The van der Waals surface area contributed by atoms with Gasteiger partial charge in [0.15, 0.2) is 6.10 Å². The van der Waals surface area contributed by atoms with Gasteiger partial charge in [0.1, 0.15) is 6.61 Å². The van der Waals surface area contributed by atoms with Gasteiger partial charge >= 0.3 is 0 Å². The highest BCUT2D eigenvalue weighted by molar-refractivity contribution is 5.86. The number of carbonyl (C=O) groups excluding carboxylic acids is 2. The van der Waals surface area contributed by atoms with Gasteiger partial charge in [0.2, 0.25) is 5.91 Å². The number of morpholine rings is 1. The fourth-order valence-electron chi connectivity index (χ4n) is 3.07. The molecular formula is C17H24N4O3. The van der Waals surface area contributed by atoms with Crippen molar-refractivity contribution in [1.29, 1.82) is 0 Å². The summed E-state index contributed by atoms with van der Waals surface area (Å²) in [6.45, 7) is 5.29. The molecule has 2 amide bonds. The molecule has 7 nitrogen and oxygen atoms in total. The fraction of sp³-hybridized carbons (Fsp3) is 0.529. The molecule has 2 aliphatic heterocycles. The van der Waals surface area contributed by atoms with Crippen LogP contribution in [-0.4, -0.2) is 68.7 Å². The molecule has 0 spiro atoms. The minimum Gasteiger partial charge on any atom is -0.356 e. The molecule has 0 aliphatic carbocycles. The highest BCUT2D eigenvalue weighted by atomic mass is 16.5. The van der Waals surface area contributed by atoms with E-state index in [1.165, 1.54) is 0 Å². The summed E-state index contributed by atoms with van der Waals surface area (Å²) in [5, 5.41) is 9.10. The first kappa shape index (κ1) is 16.9. The van der Waals surface area contributed by atoms with Crippen LogP contribution in [0.3, 0.4) is 0 Å². The Kier molecular flexibility index (Phi) is 5.79. The number of ether oxygens (including phenoxy) is 1. The van der Waals surface area contributed by atoms with Gasteiger partial charge in [0, 0.05) is 39.3 Å². The van der Waals surface area contributed by atoms with Crippen molar-refractivity contribution in [3.05, 3.63) is 35.9 Å². The van der Waals surface area contributed by atoms with Crippen molar-refractivity contribution in [2.24, 2.45) is 0 Å². The highest BCUT2D eigenvalue weighted by Crippen LogP contribution is 2.22. The Morgan fingerprint density at radius 2 is 2.00 bits per heavy atom. The Bertz CT molecular complexity index is 560. The van der Waals surface area contributed by atoms with Crippen LogP contribution in [0.4, 0.5) is 0 Å². The molecule has 130 valence electrons. The number of carbonyl (C=O) groups is 2. The Labute approximate surface area is 141 Å². The Morgan fingerprint density at radius 1 is 1.25 bits per heavy atom. The van der Waals surface area contributed by atoms with Crippen molar-refractivity contribution in [3.63, 3.8) is 0 Å². The molecule has 0 saturated carbocycles. The van der Waals surface area contributed by atoms with E-state index in [9.17, 15) is 9.59 Å². The first-order valence-electron chi connectivity index (χ1n) is 8.41. The number of nitrogens with one attached hydrogen (secondary N) is 3. The van der Waals surface area contributed by atoms with Crippen molar-refractivity contribution >= 4 is 11.8 Å². The zero-order valence-electron chi connectivity index (χ0n) is 13.7. The summed E-state index contributed by atoms with van der Waals surface area (Å²) in [4.78, 5) is 26.5. The third kappa shape index (κ3) is 4.31. The minimum absolute atomic E-state index is 0.0841. The van der Waals surface area contributed by atoms with Crippen LogP contribution < -0.4 is 16.0 Å². The lowest BCUT2D eigenvalue weighted by Gasteiger charge is -2.32. The van der Waals surface area contributed by atoms with Crippen molar-refractivity contribution in [2.75, 3.05) is 45.9 Å². The average Bonchev–Trinajstić information content (AvgIpc) is 2.63. The molecule has 24 heavy (non-hydrogen) atoms. The van der Waals surface area contributed by atoms with Gasteiger partial charge < -0.3 is 20.7 Å². The zero-order valence-corrected chi connectivity index (χ0v) is 13.7. The monoisotopic (exact) mass is 332 g/mol. The average molecular weight is 332 g/mol. The molecule has 2 heterocycles. The second kappa shape index (κ2) is 8.23. The maximum absolute atomic E-state index is 12.5. The molecule has 3 rings (SSSR count). The standard InChI is InChI=1S/C17H24N4O3/c22-14-12-24-16(15(20-14)13-4-2-1-3-5-13)17(23)19-8-11-21-9-6-18-7-10-21/h1-5,15-16,18H,6-12H2,(H,19,23)(H,20,22)/t15-,16+/m1/s1. The predicted molar refractivity (Wildman–Crippen MR) is 89.4 cm³/mol. The van der Waals surface area contributed by atoms with E-state index in [0.717, 1.165) is 38.3 Å². The molecule has 1 aromatic carbocycles. The third-order valence-electron chi connectivity index (χ3n) is 4.37. The summed E-state index contributed by atoms with van der Waals surface area (Å²) in [6.07, 6.45) is -0.701. The molecule has 3 N–H and O–H groups in total. The molecule has 2 atom stereocenters. The minimum atomic E-state index is -0.701. The molecule has 7 heteroatoms. The Hall–Kier alpha value is -1.96. The maximum Gasteiger partial charge on any atom is 0.251 e. The van der Waals surface area contributed by atoms with E-state index >= 15 is 0 Å². The fourth-order valence-corrected chi connectivity index (χ4v) is 3.07. The third-order valence-corrected chi connectivity index (χ3v) is 4.37. The topological polar surface area (TPSA) is 82.7 Å². The van der Waals surface area contributed by atoms with Crippen LogP contribution in [0, 0.1) is 0 Å². The number of amides is 2. The van der Waals surface area contributed by atoms with Gasteiger partial charge in [-0.1, -0.05) is 30.3 Å². The number of nitrogens with zero attached hydrogens (tertiary/aromatic N) is 1. The van der Waals surface area contributed by atoms with Crippen LogP contribution >= 0.6 is 0 Å². The van der Waals surface area contributed by atoms with Crippen molar-refractivity contribution in [2.45, 2.75) is 12.1 Å². The quantitative estimate of drug-likeness (QED) is 0.662. The van der Waals surface area contributed by atoms with Crippen LogP contribution in [0.2, 0.25) is 0 Å². The Balaban J connectivity index is 1.56. The summed E-state index contributed by atoms with van der Waals surface area (Å²) in [6, 6.07) is 9.00. The van der Waals surface area contributed by atoms with E-state index < -0.39 is 12.1 Å². The molecular weight excluding hydrogens is 308 g/mol. The maximum atomic E-state index is 12.5. The number of hydrogen-bond acceptors (Lipinski definition) is 5. The molecule has 0 unspecified atom stereocenters. The highest BCUT2D eigenvalue weighted by Gasteiger charge is 2.35. The largest absolute Gasteiger partial charge is 0.356 e. The van der Waals surface area contributed by atoms with E-state index in [-0.39, 0.29) is 18.4 Å². The lowest BCUT2D eigenvalue weighted by molar-refractivity contribution is -0.148. The van der Waals surface area contributed by atoms with Gasteiger partial charge in [0.25, 0.3) is 5.91 Å². The number of rotatable bonds is 5. The van der Waals surface area contributed by atoms with E-state index in [0.29, 0.717) is 6.54 Å². The van der Waals surface area contributed by atoms with Gasteiger partial charge in [-0.25, -0.2) is 0 Å². The van der Waals surface area contributed by atoms with Gasteiger partial charge in [-0.05, 0) is 5.56 Å². The van der Waals surface area contributed by atoms with Crippen molar-refractivity contribution in [3.8, 4) is 0 Å². The number of benzene rings is 1. The van der Waals surface area contributed by atoms with E-state index in [1.54, 1.807) is 0 Å². The van der Waals surface area contributed by atoms with Crippen LogP contribution in [0.1, 0.15) is 11.6 Å². The smallest absolute Gasteiger partial charge is 0.251 e. The summed E-state index contributed by atoms with van der Waals surface area (Å²) in [7, 11) is 0. The molecule has 0 radical (unpaired) electrons. The molecule has 0 aromatic heterocycles. The van der Waals surface area contributed by atoms with Gasteiger partial charge in [-0.3, -0.25) is 14.5 Å². The normalized spacial score (nSPS) is 25.1. The zero-order chi connectivity index (χ0) is 16.8. The molecule has 0 bridgehead atoms. The van der Waals surface area contributed by atoms with E-state index in [1.807, 2.05) is 30.3 Å². The molecule has 2 aliphatic rings. The lowest BCUT2D eigenvalue weighted by atomic mass is 9.99. The summed E-state index contributed by atoms with van der Waals surface area (Å²) in [5.74, 6) is -0.382. The summed E-state index contributed by atoms with van der Waals surface area (Å²) < 4.78 is 5.51. The molecule has 1 aromatic rings. The van der Waals surface area contributed by atoms with Crippen LogP contribution in [0.25, 0.3) is 0 Å². The molecule has 2 fully saturated rings. The lowest BCUT2D eigenvalue weighted by Crippen LogP contribution is -2.53. The van der Waals surface area contributed by atoms with Gasteiger partial charge in [-0.15, -0.1) is 0 Å². The number of hydrogen-bond donors (Lipinski definition) is 3. The first-order valence-corrected chi connectivity index (χ1v) is 8.41. The van der Waals surface area contributed by atoms with Crippen molar-refractivity contribution < 1.29 is 14.3 Å². The first-order chi connectivity index (χ1) is 11.7. The predicted octanol–water partition coefficient (Wildman–Crippen LogP) is -0.736. The SMILES string of the molecule is O=C1CO[C@H](C(=O)NCCN2CCNCC2)[C@@H](c2ccccc2)N1. The number of piperazine rings is 1. The van der Waals surface area contributed by atoms with Crippen LogP contribution in [0.5, 0.6) is 0 Å². The molecule has 2 saturated heterocycles. The van der Waals surface area contributed by atoms with Gasteiger partial charge in [-0.2, -0.15) is 0 Å². The van der Waals surface area contributed by atoms with Crippen molar-refractivity contribution in [1.82, 2.24) is 20.9 Å². The summed E-state index contributed by atoms with van der Waals surface area (Å²) >= 11 is 0. The van der Waals surface area contributed by atoms with E-state index in [2.05, 4.69) is 20.9 Å². The van der Waals surface area contributed by atoms with Crippen LogP contribution in [-0.2, 0) is 14.3 Å². The second-order valence-corrected chi connectivity index (χ2v) is 6.07. The van der Waals surface area contributed by atoms with Crippen LogP contribution in [0.15, 0.2) is 30.3 Å². The Morgan fingerprint density at radius 3 is 2.75 bits per heavy atom. The van der Waals surface area contributed by atoms with E-state index in [4.69, 9.17) is 4.74 Å². The second-order valence-electron chi connectivity index (χ2n) is 6.07. The van der Waals surface area contributed by atoms with Gasteiger partial charge in [0.05, 0.1) is 6.04 Å².